The second kappa shape index (κ2) is 13.8. The van der Waals surface area contributed by atoms with Gasteiger partial charge in [0, 0.05) is 33.2 Å². The number of nitrogens with zero attached hydrogens (tertiary/aromatic N) is 3. The first-order valence-corrected chi connectivity index (χ1v) is 14.0. The number of amides is 1. The monoisotopic (exact) mass is 652 g/mol. The normalized spacial score (nSPS) is 11.7. The first kappa shape index (κ1) is 31.0. The molecule has 1 atom stereocenters. The van der Waals surface area contributed by atoms with Crippen molar-refractivity contribution < 1.29 is 33.1 Å². The second-order valence-corrected chi connectivity index (χ2v) is 10.2. The second-order valence-electron chi connectivity index (χ2n) is 9.31. The third-order valence-electron chi connectivity index (χ3n) is 6.18. The maximum Gasteiger partial charge on any atom is 0.347 e. The van der Waals surface area contributed by atoms with Crippen molar-refractivity contribution in [3.05, 3.63) is 104 Å². The molecular formula is C30H29BrN4O8. The van der Waals surface area contributed by atoms with Gasteiger partial charge in [-0.15, -0.1) is 0 Å². The maximum atomic E-state index is 12.6. The minimum absolute atomic E-state index is 0.0164. The predicted octanol–water partition coefficient (Wildman–Crippen LogP) is 6.03. The van der Waals surface area contributed by atoms with Crippen molar-refractivity contribution in [3.63, 3.8) is 0 Å². The van der Waals surface area contributed by atoms with Gasteiger partial charge in [-0.05, 0) is 82.3 Å². The average Bonchev–Trinajstić information content (AvgIpc) is 3.59. The van der Waals surface area contributed by atoms with Gasteiger partial charge in [-0.2, -0.15) is 5.10 Å². The van der Waals surface area contributed by atoms with Crippen LogP contribution >= 0.6 is 15.9 Å². The minimum Gasteiger partial charge on any atom is -0.486 e. The van der Waals surface area contributed by atoms with Gasteiger partial charge in [0.1, 0.15) is 18.1 Å². The molecule has 2 heterocycles. The lowest BCUT2D eigenvalue weighted by Gasteiger charge is -2.15. The fraction of sp³-hybridized carbons (Fsp3) is 0.233. The van der Waals surface area contributed by atoms with E-state index in [9.17, 15) is 19.7 Å². The summed E-state index contributed by atoms with van der Waals surface area (Å²) in [7, 11) is 0. The number of halogens is 1. The van der Waals surface area contributed by atoms with Crippen molar-refractivity contribution in [3.8, 4) is 17.2 Å². The summed E-state index contributed by atoms with van der Waals surface area (Å²) in [6.07, 6.45) is 0.0342. The Morgan fingerprint density at radius 3 is 2.47 bits per heavy atom. The number of aromatic nitrogens is 1. The maximum absolute atomic E-state index is 12.6. The Morgan fingerprint density at radius 1 is 1.12 bits per heavy atom. The number of ether oxygens (including phenoxy) is 3. The Balaban J connectivity index is 1.39. The van der Waals surface area contributed by atoms with Crippen molar-refractivity contribution >= 4 is 39.7 Å². The Bertz CT molecular complexity index is 1640. The van der Waals surface area contributed by atoms with E-state index in [2.05, 4.69) is 43.2 Å². The van der Waals surface area contributed by atoms with Gasteiger partial charge in [-0.3, -0.25) is 14.9 Å². The van der Waals surface area contributed by atoms with Crippen LogP contribution < -0.4 is 14.9 Å². The molecule has 0 radical (unpaired) electrons. The van der Waals surface area contributed by atoms with E-state index in [0.29, 0.717) is 16.0 Å². The first-order chi connectivity index (χ1) is 20.6. The molecular weight excluding hydrogens is 624 g/mol. The number of rotatable bonds is 12. The van der Waals surface area contributed by atoms with Crippen molar-refractivity contribution in [2.45, 2.75) is 40.4 Å². The van der Waals surface area contributed by atoms with Crippen LogP contribution in [0.1, 0.15) is 47.1 Å². The van der Waals surface area contributed by atoms with Gasteiger partial charge in [0.15, 0.2) is 11.9 Å². The molecule has 0 aliphatic rings. The molecule has 43 heavy (non-hydrogen) atoms. The van der Waals surface area contributed by atoms with Gasteiger partial charge in [0.25, 0.3) is 0 Å². The van der Waals surface area contributed by atoms with E-state index in [1.807, 2.05) is 38.1 Å². The molecule has 0 fully saturated rings. The molecule has 12 nitrogen and oxygen atoms in total. The number of benzene rings is 2. The molecule has 0 saturated carbocycles. The molecule has 4 aromatic rings. The molecule has 0 saturated heterocycles. The van der Waals surface area contributed by atoms with Crippen LogP contribution in [-0.2, 0) is 16.1 Å². The summed E-state index contributed by atoms with van der Waals surface area (Å²) in [6, 6.07) is 17.6. The molecule has 0 aliphatic carbocycles. The summed E-state index contributed by atoms with van der Waals surface area (Å²) in [6.45, 7) is 7.34. The number of esters is 1. The third-order valence-corrected chi connectivity index (χ3v) is 6.63. The number of furan rings is 1. The predicted molar refractivity (Wildman–Crippen MR) is 161 cm³/mol. The highest BCUT2D eigenvalue weighted by atomic mass is 79.9. The molecule has 224 valence electrons. The van der Waals surface area contributed by atoms with Crippen LogP contribution in [0.3, 0.4) is 0 Å². The molecule has 2 aromatic carbocycles. The molecule has 1 N–H and O–H groups in total. The van der Waals surface area contributed by atoms with Crippen LogP contribution in [0.15, 0.2) is 74.7 Å². The van der Waals surface area contributed by atoms with Gasteiger partial charge >= 0.3 is 17.6 Å². The number of hydrogen-bond donors (Lipinski definition) is 1. The Hall–Kier alpha value is -4.91. The van der Waals surface area contributed by atoms with Crippen LogP contribution in [-0.4, -0.2) is 40.3 Å². The number of nitrogens with one attached hydrogen (secondary N) is 1. The summed E-state index contributed by atoms with van der Waals surface area (Å²) in [5, 5.41) is 15.6. The van der Waals surface area contributed by atoms with Gasteiger partial charge in [-0.25, -0.2) is 10.2 Å². The van der Waals surface area contributed by atoms with Crippen molar-refractivity contribution in [2.24, 2.45) is 5.10 Å². The SMILES string of the molecule is CCOC(=O)[C@@H](C)Oc1c(/C=N/NC(=O)c2ccc(COc3ccc(-n4c(C)ccc4C)cc3)o2)cc(Br)cc1[N+](=O)[O-]. The summed E-state index contributed by atoms with van der Waals surface area (Å²) >= 11 is 3.22. The third kappa shape index (κ3) is 7.68. The highest BCUT2D eigenvalue weighted by Crippen LogP contribution is 2.34. The summed E-state index contributed by atoms with van der Waals surface area (Å²) in [5.41, 5.74) is 5.34. The van der Waals surface area contributed by atoms with Crippen LogP contribution in [0.4, 0.5) is 5.69 Å². The Morgan fingerprint density at radius 2 is 1.81 bits per heavy atom. The molecule has 2 aromatic heterocycles. The topological polar surface area (TPSA) is 147 Å². The summed E-state index contributed by atoms with van der Waals surface area (Å²) in [5.74, 6) is -0.518. The van der Waals surface area contributed by atoms with Crippen LogP contribution in [0, 0.1) is 24.0 Å². The molecule has 13 heteroatoms. The minimum atomic E-state index is -1.13. The lowest BCUT2D eigenvalue weighted by molar-refractivity contribution is -0.386. The zero-order chi connectivity index (χ0) is 31.1. The average molecular weight is 653 g/mol. The molecule has 0 aliphatic heterocycles. The molecule has 0 spiro atoms. The van der Waals surface area contributed by atoms with Crippen molar-refractivity contribution in [2.75, 3.05) is 6.61 Å². The molecule has 0 bridgehead atoms. The smallest absolute Gasteiger partial charge is 0.347 e. The van der Waals surface area contributed by atoms with Crippen molar-refractivity contribution in [1.82, 2.24) is 9.99 Å². The van der Waals surface area contributed by atoms with E-state index in [4.69, 9.17) is 18.6 Å². The van der Waals surface area contributed by atoms with E-state index in [1.165, 1.54) is 25.1 Å². The number of hydrogen-bond acceptors (Lipinski definition) is 9. The molecule has 1 amide bonds. The van der Waals surface area contributed by atoms with Crippen molar-refractivity contribution in [1.29, 1.82) is 0 Å². The van der Waals surface area contributed by atoms with E-state index in [1.54, 1.807) is 13.0 Å². The number of hydrazone groups is 1. The first-order valence-electron chi connectivity index (χ1n) is 13.2. The number of aryl methyl sites for hydroxylation is 2. The molecule has 4 rings (SSSR count). The summed E-state index contributed by atoms with van der Waals surface area (Å²) in [4.78, 5) is 35.7. The summed E-state index contributed by atoms with van der Waals surface area (Å²) < 4.78 is 24.4. The Labute approximate surface area is 255 Å². The number of carbonyl (C=O) groups excluding carboxylic acids is 2. The highest BCUT2D eigenvalue weighted by Gasteiger charge is 2.25. The van der Waals surface area contributed by atoms with Gasteiger partial charge < -0.3 is 23.2 Å². The van der Waals surface area contributed by atoms with Crippen LogP contribution in [0.25, 0.3) is 5.69 Å². The largest absolute Gasteiger partial charge is 0.486 e. The fourth-order valence-corrected chi connectivity index (χ4v) is 4.62. The van der Waals surface area contributed by atoms with E-state index in [-0.39, 0.29) is 30.3 Å². The quantitative estimate of drug-likeness (QED) is 0.0844. The highest BCUT2D eigenvalue weighted by molar-refractivity contribution is 9.10. The van der Waals surface area contributed by atoms with Crippen LogP contribution in [0.5, 0.6) is 11.5 Å². The lowest BCUT2D eigenvalue weighted by atomic mass is 10.2. The number of nitro benzene ring substituents is 1. The zero-order valence-electron chi connectivity index (χ0n) is 23.8. The van der Waals surface area contributed by atoms with Gasteiger partial charge in [0.05, 0.1) is 17.7 Å². The van der Waals surface area contributed by atoms with E-state index >= 15 is 0 Å². The fourth-order valence-electron chi connectivity index (χ4n) is 4.16. The van der Waals surface area contributed by atoms with E-state index in [0.717, 1.165) is 23.3 Å². The van der Waals surface area contributed by atoms with Gasteiger partial charge in [0.2, 0.25) is 5.75 Å². The lowest BCUT2D eigenvalue weighted by Crippen LogP contribution is -2.27. The Kier molecular flexibility index (Phi) is 9.99. The molecule has 0 unspecified atom stereocenters. The van der Waals surface area contributed by atoms with Gasteiger partial charge in [-0.1, -0.05) is 15.9 Å². The zero-order valence-corrected chi connectivity index (χ0v) is 25.4. The number of carbonyl (C=O) groups is 2. The van der Waals surface area contributed by atoms with E-state index < -0.39 is 28.6 Å². The number of nitro groups is 1. The standard InChI is InChI=1S/C30H29BrN4O8/c1-5-40-30(37)20(4)42-28-21(14-22(31)15-26(28)35(38)39)16-32-33-29(36)27-13-12-25(43-27)17-41-24-10-8-23(9-11-24)34-18(2)6-7-19(34)3/h6-16,20H,5,17H2,1-4H3,(H,33,36)/b32-16+/t20-/m1/s1. The van der Waals surface area contributed by atoms with Crippen LogP contribution in [0.2, 0.25) is 0 Å².